The largest absolute Gasteiger partial charge is 0.279 e. The molecule has 0 unspecified atom stereocenters. The van der Waals surface area contributed by atoms with Gasteiger partial charge in [-0.2, -0.15) is 0 Å². The quantitative estimate of drug-likeness (QED) is 0.682. The molecule has 68 valence electrons. The van der Waals surface area contributed by atoms with Crippen molar-refractivity contribution < 1.29 is 0 Å². The van der Waals surface area contributed by atoms with Crippen molar-refractivity contribution in [2.45, 2.75) is 0 Å². The summed E-state index contributed by atoms with van der Waals surface area (Å²) in [5.41, 5.74) is 0.203. The fourth-order valence-electron chi connectivity index (χ4n) is 1.15. The van der Waals surface area contributed by atoms with Crippen LogP contribution in [0.15, 0.2) is 10.9 Å². The van der Waals surface area contributed by atoms with Crippen LogP contribution in [0.25, 0.3) is 11.0 Å². The zero-order valence-corrected chi connectivity index (χ0v) is 8.15. The van der Waals surface area contributed by atoms with Crippen LogP contribution in [0.4, 0.5) is 0 Å². The third kappa shape index (κ3) is 1.22. The molecule has 0 aliphatic carbocycles. The normalized spacial score (nSPS) is 11.0. The van der Waals surface area contributed by atoms with E-state index in [2.05, 4.69) is 10.1 Å². The molecule has 1 N–H and O–H groups in total. The van der Waals surface area contributed by atoms with E-state index >= 15 is 0 Å². The van der Waals surface area contributed by atoms with Crippen molar-refractivity contribution in [2.24, 2.45) is 7.05 Å². The number of nitrogens with one attached hydrogen (secondary N) is 1. The molecule has 0 saturated heterocycles. The van der Waals surface area contributed by atoms with Gasteiger partial charge in [0.05, 0.1) is 5.02 Å². The lowest BCUT2D eigenvalue weighted by atomic mass is 10.3. The van der Waals surface area contributed by atoms with Gasteiger partial charge in [-0.15, -0.1) is 0 Å². The Morgan fingerprint density at radius 3 is 2.92 bits per heavy atom. The lowest BCUT2D eigenvalue weighted by Crippen LogP contribution is -2.11. The van der Waals surface area contributed by atoms with Crippen LogP contribution in [0.2, 0.25) is 10.2 Å². The number of hydrogen-bond acceptors (Lipinski definition) is 2. The summed E-state index contributed by atoms with van der Waals surface area (Å²) in [6, 6.07) is 1.45. The van der Waals surface area contributed by atoms with Crippen molar-refractivity contribution in [3.05, 3.63) is 26.6 Å². The van der Waals surface area contributed by atoms with Gasteiger partial charge in [-0.3, -0.25) is 14.6 Å². The van der Waals surface area contributed by atoms with Crippen LogP contribution in [-0.4, -0.2) is 14.8 Å². The Bertz CT molecular complexity index is 528. The number of aryl methyl sites for hydroxylation is 1. The fourth-order valence-corrected chi connectivity index (χ4v) is 1.67. The first-order chi connectivity index (χ1) is 6.09. The highest BCUT2D eigenvalue weighted by Crippen LogP contribution is 2.20. The van der Waals surface area contributed by atoms with Crippen LogP contribution in [0.5, 0.6) is 0 Å². The van der Waals surface area contributed by atoms with Gasteiger partial charge in [0.15, 0.2) is 5.65 Å². The zero-order chi connectivity index (χ0) is 9.59. The molecule has 0 radical (unpaired) electrons. The van der Waals surface area contributed by atoms with E-state index in [-0.39, 0.29) is 10.7 Å². The topological polar surface area (TPSA) is 50.7 Å². The average Bonchev–Trinajstić information content (AvgIpc) is 2.27. The maximum atomic E-state index is 11.4. The van der Waals surface area contributed by atoms with E-state index < -0.39 is 0 Å². The molecule has 4 nitrogen and oxygen atoms in total. The highest BCUT2D eigenvalue weighted by Gasteiger charge is 2.10. The smallest absolute Gasteiger partial charge is 0.277 e. The molecule has 6 heteroatoms. The monoisotopic (exact) mass is 217 g/mol. The Kier molecular flexibility index (Phi) is 1.82. The number of H-pyrrole nitrogens is 1. The maximum absolute atomic E-state index is 11.4. The number of halogens is 2. The lowest BCUT2D eigenvalue weighted by molar-refractivity contribution is 0.748. The van der Waals surface area contributed by atoms with E-state index in [1.165, 1.54) is 10.7 Å². The van der Waals surface area contributed by atoms with Gasteiger partial charge in [0.25, 0.3) is 5.56 Å². The molecule has 13 heavy (non-hydrogen) atoms. The van der Waals surface area contributed by atoms with Crippen LogP contribution in [0.1, 0.15) is 0 Å². The van der Waals surface area contributed by atoms with Gasteiger partial charge < -0.3 is 0 Å². The van der Waals surface area contributed by atoms with Crippen molar-refractivity contribution in [3.63, 3.8) is 0 Å². The summed E-state index contributed by atoms with van der Waals surface area (Å²) in [5, 5.41) is 3.68. The van der Waals surface area contributed by atoms with Crippen LogP contribution in [0.3, 0.4) is 0 Å². The Labute approximate surface area is 83.1 Å². The lowest BCUT2D eigenvalue weighted by Gasteiger charge is -1.91. The summed E-state index contributed by atoms with van der Waals surface area (Å²) in [4.78, 5) is 15.3. The van der Waals surface area contributed by atoms with Gasteiger partial charge in [0.2, 0.25) is 0 Å². The van der Waals surface area contributed by atoms with Crippen LogP contribution in [-0.2, 0) is 7.05 Å². The molecule has 2 aromatic heterocycles. The van der Waals surface area contributed by atoms with Crippen molar-refractivity contribution in [1.82, 2.24) is 14.8 Å². The molecule has 0 aromatic carbocycles. The Hall–Kier alpha value is -1.00. The van der Waals surface area contributed by atoms with Gasteiger partial charge in [0, 0.05) is 7.05 Å². The molecule has 0 spiro atoms. The summed E-state index contributed by atoms with van der Waals surface area (Å²) in [5.74, 6) is 0. The summed E-state index contributed by atoms with van der Waals surface area (Å²) >= 11 is 11.5. The number of rotatable bonds is 0. The van der Waals surface area contributed by atoms with E-state index in [0.29, 0.717) is 16.1 Å². The number of aromatic amines is 1. The second-order valence-electron chi connectivity index (χ2n) is 2.63. The highest BCUT2D eigenvalue weighted by molar-refractivity contribution is 6.37. The highest BCUT2D eigenvalue weighted by atomic mass is 35.5. The van der Waals surface area contributed by atoms with Crippen molar-refractivity contribution in [2.75, 3.05) is 0 Å². The van der Waals surface area contributed by atoms with E-state index in [9.17, 15) is 4.79 Å². The molecule has 2 aromatic rings. The first-order valence-electron chi connectivity index (χ1n) is 3.50. The minimum Gasteiger partial charge on any atom is -0.279 e. The minimum atomic E-state index is -0.204. The van der Waals surface area contributed by atoms with Crippen LogP contribution in [0, 0.1) is 0 Å². The van der Waals surface area contributed by atoms with E-state index in [4.69, 9.17) is 23.2 Å². The first-order valence-corrected chi connectivity index (χ1v) is 4.26. The Balaban J connectivity index is 3.03. The predicted octanol–water partition coefficient (Wildman–Crippen LogP) is 1.57. The molecule has 0 aliphatic heterocycles. The molecule has 2 heterocycles. The predicted molar refractivity (Wildman–Crippen MR) is 51.4 cm³/mol. The third-order valence-corrected chi connectivity index (χ3v) is 2.22. The van der Waals surface area contributed by atoms with Gasteiger partial charge >= 0.3 is 0 Å². The molecular weight excluding hydrogens is 213 g/mol. The number of nitrogens with zero attached hydrogens (tertiary/aromatic N) is 2. The molecule has 2 rings (SSSR count). The zero-order valence-electron chi connectivity index (χ0n) is 6.64. The molecule has 0 bridgehead atoms. The second kappa shape index (κ2) is 2.75. The third-order valence-electron chi connectivity index (χ3n) is 1.73. The molecule has 0 atom stereocenters. The molecule has 0 aliphatic rings. The summed E-state index contributed by atoms with van der Waals surface area (Å²) in [7, 11) is 1.59. The Morgan fingerprint density at radius 1 is 1.54 bits per heavy atom. The number of pyridine rings is 1. The molecule has 0 saturated carbocycles. The fraction of sp³-hybridized carbons (Fsp3) is 0.143. The average molecular weight is 218 g/mol. The molecule has 0 amide bonds. The van der Waals surface area contributed by atoms with Crippen molar-refractivity contribution in [3.8, 4) is 0 Å². The molecule has 0 fully saturated rings. The second-order valence-corrected chi connectivity index (χ2v) is 3.42. The van der Waals surface area contributed by atoms with Gasteiger partial charge in [-0.05, 0) is 6.07 Å². The van der Waals surface area contributed by atoms with Gasteiger partial charge in [0.1, 0.15) is 10.5 Å². The summed E-state index contributed by atoms with van der Waals surface area (Å²) in [6.45, 7) is 0. The first kappa shape index (κ1) is 8.59. The Morgan fingerprint density at radius 2 is 2.23 bits per heavy atom. The van der Waals surface area contributed by atoms with E-state index in [0.717, 1.165) is 0 Å². The summed E-state index contributed by atoms with van der Waals surface area (Å²) in [6.07, 6.45) is 0. The number of aromatic nitrogens is 3. The van der Waals surface area contributed by atoms with Crippen molar-refractivity contribution in [1.29, 1.82) is 0 Å². The van der Waals surface area contributed by atoms with Gasteiger partial charge in [-0.25, -0.2) is 4.98 Å². The van der Waals surface area contributed by atoms with Crippen LogP contribution >= 0.6 is 23.2 Å². The maximum Gasteiger partial charge on any atom is 0.277 e. The van der Waals surface area contributed by atoms with Crippen molar-refractivity contribution >= 4 is 34.2 Å². The minimum absolute atomic E-state index is 0.204. The summed E-state index contributed by atoms with van der Waals surface area (Å²) < 4.78 is 1.31. The SMILES string of the molecule is Cn1[nH]c2nc(Cl)cc(Cl)c2c1=O. The van der Waals surface area contributed by atoms with Crippen LogP contribution < -0.4 is 5.56 Å². The van der Waals surface area contributed by atoms with E-state index in [1.807, 2.05) is 0 Å². The van der Waals surface area contributed by atoms with Gasteiger partial charge in [-0.1, -0.05) is 23.2 Å². The van der Waals surface area contributed by atoms with E-state index in [1.54, 1.807) is 7.05 Å². The molecular formula is C7H5Cl2N3O. The number of fused-ring (bicyclic) bond motifs is 1. The standard InChI is InChI=1S/C7H5Cl2N3O/c1-12-7(13)5-3(8)2-4(9)10-6(5)11-12/h2H,1H3,(H,10,11). The number of hydrogen-bond donors (Lipinski definition) is 1.